The van der Waals surface area contributed by atoms with Gasteiger partial charge in [-0.1, -0.05) is 23.9 Å². The number of fused-ring (bicyclic) bond motifs is 1. The molecule has 1 fully saturated rings. The fraction of sp³-hybridized carbons (Fsp3) is 0.333. The van der Waals surface area contributed by atoms with Crippen molar-refractivity contribution >= 4 is 34.2 Å². The van der Waals surface area contributed by atoms with E-state index in [1.165, 1.54) is 11.3 Å². The molecule has 2 aliphatic heterocycles. The molecule has 3 aliphatic rings. The van der Waals surface area contributed by atoms with Crippen molar-refractivity contribution in [3.63, 3.8) is 0 Å². The van der Waals surface area contributed by atoms with Gasteiger partial charge >= 0.3 is 0 Å². The maximum Gasteiger partial charge on any atom is 0.227 e. The van der Waals surface area contributed by atoms with Crippen LogP contribution in [0.15, 0.2) is 34.7 Å². The molecule has 4 nitrogen and oxygen atoms in total. The molecule has 0 aromatic heterocycles. The quantitative estimate of drug-likeness (QED) is 0.928. The Hall–Kier alpha value is -1.75. The Kier molecular flexibility index (Phi) is 2.80. The highest BCUT2D eigenvalue weighted by Gasteiger charge is 2.30. The van der Waals surface area contributed by atoms with Crippen molar-refractivity contribution < 1.29 is 4.79 Å². The van der Waals surface area contributed by atoms with Crippen molar-refractivity contribution in [1.82, 2.24) is 4.90 Å². The van der Waals surface area contributed by atoms with Gasteiger partial charge in [-0.3, -0.25) is 9.79 Å². The number of amidine groups is 1. The molecule has 0 unspecified atom stereocenters. The van der Waals surface area contributed by atoms with Crippen molar-refractivity contribution in [2.75, 3.05) is 18.4 Å². The van der Waals surface area contributed by atoms with E-state index in [2.05, 4.69) is 32.7 Å². The van der Waals surface area contributed by atoms with Gasteiger partial charge in [-0.2, -0.15) is 0 Å². The van der Waals surface area contributed by atoms with Crippen molar-refractivity contribution in [2.24, 2.45) is 10.9 Å². The maximum absolute atomic E-state index is 11.7. The fourth-order valence-corrected chi connectivity index (χ4v) is 3.42. The molecule has 1 saturated carbocycles. The van der Waals surface area contributed by atoms with E-state index < -0.39 is 0 Å². The van der Waals surface area contributed by atoms with Crippen LogP contribution in [0.1, 0.15) is 18.4 Å². The van der Waals surface area contributed by atoms with Crippen LogP contribution in [0, 0.1) is 5.92 Å². The third-order valence-corrected chi connectivity index (χ3v) is 4.67. The van der Waals surface area contributed by atoms with Gasteiger partial charge in [-0.05, 0) is 30.5 Å². The standard InChI is InChI=1S/C15H15N3OS/c19-14(11-1-2-11)17-12-5-3-10(4-6-12)13-9-20-15-16-7-8-18(13)15/h3-6,9,11H,1-2,7-8H2,(H,17,19). The molecule has 0 radical (unpaired) electrons. The zero-order valence-electron chi connectivity index (χ0n) is 11.0. The van der Waals surface area contributed by atoms with Gasteiger partial charge in [0.15, 0.2) is 5.17 Å². The lowest BCUT2D eigenvalue weighted by atomic mass is 10.1. The molecule has 1 N–H and O–H groups in total. The lowest BCUT2D eigenvalue weighted by Gasteiger charge is -2.16. The Morgan fingerprint density at radius 2 is 2.10 bits per heavy atom. The van der Waals surface area contributed by atoms with Gasteiger partial charge in [0.1, 0.15) is 0 Å². The fourth-order valence-electron chi connectivity index (χ4n) is 2.46. The molecule has 1 amide bonds. The van der Waals surface area contributed by atoms with Gasteiger partial charge in [0, 0.05) is 23.6 Å². The largest absolute Gasteiger partial charge is 0.326 e. The van der Waals surface area contributed by atoms with Crippen LogP contribution in [-0.4, -0.2) is 29.1 Å². The van der Waals surface area contributed by atoms with Crippen LogP contribution < -0.4 is 5.32 Å². The van der Waals surface area contributed by atoms with Gasteiger partial charge in [0.2, 0.25) is 5.91 Å². The molecule has 0 atom stereocenters. The summed E-state index contributed by atoms with van der Waals surface area (Å²) < 4.78 is 0. The summed E-state index contributed by atoms with van der Waals surface area (Å²) in [5.74, 6) is 0.398. The Morgan fingerprint density at radius 3 is 2.85 bits per heavy atom. The number of rotatable bonds is 3. The first-order chi connectivity index (χ1) is 9.81. The van der Waals surface area contributed by atoms with Crippen LogP contribution in [0.2, 0.25) is 0 Å². The van der Waals surface area contributed by atoms with E-state index in [1.807, 2.05) is 12.1 Å². The molecule has 20 heavy (non-hydrogen) atoms. The number of anilines is 1. The van der Waals surface area contributed by atoms with Crippen molar-refractivity contribution in [2.45, 2.75) is 12.8 Å². The number of thioether (sulfide) groups is 1. The molecule has 4 rings (SSSR count). The Labute approximate surface area is 121 Å². The van der Waals surface area contributed by atoms with E-state index in [1.54, 1.807) is 11.8 Å². The van der Waals surface area contributed by atoms with Crippen LogP contribution in [0.3, 0.4) is 0 Å². The summed E-state index contributed by atoms with van der Waals surface area (Å²) in [4.78, 5) is 18.4. The van der Waals surface area contributed by atoms with Crippen LogP contribution in [0.25, 0.3) is 5.70 Å². The van der Waals surface area contributed by atoms with Gasteiger partial charge in [0.05, 0.1) is 12.2 Å². The lowest BCUT2D eigenvalue weighted by molar-refractivity contribution is -0.117. The van der Waals surface area contributed by atoms with E-state index in [4.69, 9.17) is 0 Å². The Balaban J connectivity index is 1.50. The number of nitrogens with zero attached hydrogens (tertiary/aromatic N) is 2. The van der Waals surface area contributed by atoms with E-state index in [0.29, 0.717) is 0 Å². The minimum atomic E-state index is 0.155. The van der Waals surface area contributed by atoms with Crippen molar-refractivity contribution in [3.05, 3.63) is 35.2 Å². The first kappa shape index (κ1) is 12.0. The highest BCUT2D eigenvalue weighted by Crippen LogP contribution is 2.35. The number of carbonyl (C=O) groups is 1. The Bertz CT molecular complexity index is 617. The predicted molar refractivity (Wildman–Crippen MR) is 82.4 cm³/mol. The molecule has 0 saturated heterocycles. The van der Waals surface area contributed by atoms with Gasteiger partial charge < -0.3 is 10.2 Å². The summed E-state index contributed by atoms with van der Waals surface area (Å²) in [5.41, 5.74) is 3.27. The Morgan fingerprint density at radius 1 is 1.30 bits per heavy atom. The van der Waals surface area contributed by atoms with Gasteiger partial charge in [-0.25, -0.2) is 0 Å². The topological polar surface area (TPSA) is 44.7 Å². The molecule has 102 valence electrons. The number of hydrogen-bond acceptors (Lipinski definition) is 4. The van der Waals surface area contributed by atoms with Crippen LogP contribution in [-0.2, 0) is 4.79 Å². The first-order valence-electron chi connectivity index (χ1n) is 6.91. The third-order valence-electron chi connectivity index (χ3n) is 3.76. The van der Waals surface area contributed by atoms with Gasteiger partial charge in [0.25, 0.3) is 0 Å². The second-order valence-corrected chi connectivity index (χ2v) is 6.11. The molecule has 0 spiro atoms. The monoisotopic (exact) mass is 285 g/mol. The normalized spacial score (nSPS) is 20.5. The number of aliphatic imine (C=N–C) groups is 1. The van der Waals surface area contributed by atoms with Crippen LogP contribution in [0.4, 0.5) is 5.69 Å². The third kappa shape index (κ3) is 2.12. The molecule has 1 aliphatic carbocycles. The molecule has 5 heteroatoms. The second kappa shape index (κ2) is 4.66. The van der Waals surface area contributed by atoms with E-state index in [0.717, 1.165) is 36.8 Å². The second-order valence-electron chi connectivity index (χ2n) is 5.28. The van der Waals surface area contributed by atoms with E-state index in [-0.39, 0.29) is 11.8 Å². The smallest absolute Gasteiger partial charge is 0.227 e. The zero-order chi connectivity index (χ0) is 13.5. The number of benzene rings is 1. The molecular weight excluding hydrogens is 270 g/mol. The molecule has 1 aromatic rings. The summed E-state index contributed by atoms with van der Waals surface area (Å²) in [5, 5.41) is 6.22. The van der Waals surface area contributed by atoms with Crippen molar-refractivity contribution in [3.8, 4) is 0 Å². The molecule has 1 aromatic carbocycles. The first-order valence-corrected chi connectivity index (χ1v) is 7.79. The lowest BCUT2D eigenvalue weighted by Crippen LogP contribution is -2.19. The summed E-state index contributed by atoms with van der Waals surface area (Å²) in [6, 6.07) is 8.09. The average Bonchev–Trinajstić information content (AvgIpc) is 3.08. The number of nitrogens with one attached hydrogen (secondary N) is 1. The van der Waals surface area contributed by atoms with Crippen molar-refractivity contribution in [1.29, 1.82) is 0 Å². The molecule has 2 heterocycles. The SMILES string of the molecule is O=C(Nc1ccc(C2=CSC3=NCCN23)cc1)C1CC1. The number of hydrogen-bond donors (Lipinski definition) is 1. The molecule has 0 bridgehead atoms. The number of amides is 1. The predicted octanol–water partition coefficient (Wildman–Crippen LogP) is 2.75. The summed E-state index contributed by atoms with van der Waals surface area (Å²) in [6.07, 6.45) is 2.07. The minimum Gasteiger partial charge on any atom is -0.326 e. The van der Waals surface area contributed by atoms with E-state index >= 15 is 0 Å². The summed E-state index contributed by atoms with van der Waals surface area (Å²) in [7, 11) is 0. The highest BCUT2D eigenvalue weighted by atomic mass is 32.2. The zero-order valence-corrected chi connectivity index (χ0v) is 11.8. The summed E-state index contributed by atoms with van der Waals surface area (Å²) in [6.45, 7) is 1.85. The van der Waals surface area contributed by atoms with Gasteiger partial charge in [-0.15, -0.1) is 0 Å². The maximum atomic E-state index is 11.7. The average molecular weight is 285 g/mol. The minimum absolute atomic E-state index is 0.155. The van der Waals surface area contributed by atoms with Crippen LogP contribution in [0.5, 0.6) is 0 Å². The molecular formula is C15H15N3OS. The number of carbonyl (C=O) groups excluding carboxylic acids is 1. The van der Waals surface area contributed by atoms with Crippen LogP contribution >= 0.6 is 11.8 Å². The highest BCUT2D eigenvalue weighted by molar-refractivity contribution is 8.16. The summed E-state index contributed by atoms with van der Waals surface area (Å²) >= 11 is 1.69. The van der Waals surface area contributed by atoms with E-state index in [9.17, 15) is 4.79 Å².